The van der Waals surface area contributed by atoms with Crippen LogP contribution >= 0.6 is 15.9 Å². The van der Waals surface area contributed by atoms with Crippen molar-refractivity contribution in [2.45, 2.75) is 25.8 Å². The van der Waals surface area contributed by atoms with Crippen LogP contribution < -0.4 is 10.6 Å². The molecular formula is C13H21BrN2O. The molecule has 0 atom stereocenters. The van der Waals surface area contributed by atoms with E-state index in [0.717, 1.165) is 35.8 Å². The quantitative estimate of drug-likeness (QED) is 0.761. The maximum Gasteiger partial charge on any atom is 0.0431 e. The highest BCUT2D eigenvalue weighted by Gasteiger charge is 2.06. The van der Waals surface area contributed by atoms with Gasteiger partial charge in [0.25, 0.3) is 0 Å². The molecule has 0 radical (unpaired) electrons. The first kappa shape index (κ1) is 14.5. The van der Waals surface area contributed by atoms with E-state index >= 15 is 0 Å². The Bertz CT molecular complexity index is 344. The highest BCUT2D eigenvalue weighted by atomic mass is 79.9. The number of nitrogens with two attached hydrogens (primary N) is 1. The average molecular weight is 301 g/mol. The number of nitrogens with zero attached hydrogens (tertiary/aromatic N) is 1. The molecule has 1 aromatic carbocycles. The number of unbranched alkanes of at least 4 members (excludes halogenated alkanes) is 2. The minimum absolute atomic E-state index is 0.286. The molecule has 17 heavy (non-hydrogen) atoms. The number of halogens is 1. The van der Waals surface area contributed by atoms with E-state index in [-0.39, 0.29) is 6.61 Å². The SMILES string of the molecule is CN(CCCCCO)c1cc(Br)ccc1CN. The Hall–Kier alpha value is -0.580. The van der Waals surface area contributed by atoms with Crippen molar-refractivity contribution in [1.82, 2.24) is 0 Å². The van der Waals surface area contributed by atoms with Crippen molar-refractivity contribution in [3.63, 3.8) is 0 Å². The predicted molar refractivity (Wildman–Crippen MR) is 76.2 cm³/mol. The Morgan fingerprint density at radius 1 is 1.29 bits per heavy atom. The third-order valence-corrected chi connectivity index (χ3v) is 3.32. The van der Waals surface area contributed by atoms with Crippen LogP contribution in [0.5, 0.6) is 0 Å². The summed E-state index contributed by atoms with van der Waals surface area (Å²) in [4.78, 5) is 2.23. The molecule has 0 bridgehead atoms. The fourth-order valence-electron chi connectivity index (χ4n) is 1.82. The fourth-order valence-corrected chi connectivity index (χ4v) is 2.17. The van der Waals surface area contributed by atoms with E-state index in [1.807, 2.05) is 6.07 Å². The van der Waals surface area contributed by atoms with Crippen LogP contribution in [0.25, 0.3) is 0 Å². The van der Waals surface area contributed by atoms with Gasteiger partial charge in [0, 0.05) is 36.9 Å². The molecule has 0 aliphatic carbocycles. The van der Waals surface area contributed by atoms with E-state index < -0.39 is 0 Å². The highest BCUT2D eigenvalue weighted by Crippen LogP contribution is 2.24. The Balaban J connectivity index is 2.60. The molecular weight excluding hydrogens is 280 g/mol. The van der Waals surface area contributed by atoms with Gasteiger partial charge in [-0.25, -0.2) is 0 Å². The highest BCUT2D eigenvalue weighted by molar-refractivity contribution is 9.10. The van der Waals surface area contributed by atoms with Gasteiger partial charge in [0.05, 0.1) is 0 Å². The average Bonchev–Trinajstić information content (AvgIpc) is 2.34. The number of hydrogen-bond acceptors (Lipinski definition) is 3. The molecule has 0 amide bonds. The second-order valence-corrected chi connectivity index (χ2v) is 5.10. The van der Waals surface area contributed by atoms with Crippen LogP contribution in [0.4, 0.5) is 5.69 Å². The topological polar surface area (TPSA) is 49.5 Å². The minimum atomic E-state index is 0.286. The second kappa shape index (κ2) is 7.69. The molecule has 0 fully saturated rings. The van der Waals surface area contributed by atoms with Gasteiger partial charge in [0.1, 0.15) is 0 Å². The molecule has 0 unspecified atom stereocenters. The van der Waals surface area contributed by atoms with E-state index in [1.165, 1.54) is 5.69 Å². The van der Waals surface area contributed by atoms with Crippen LogP contribution in [-0.2, 0) is 6.54 Å². The summed E-state index contributed by atoms with van der Waals surface area (Å²) in [5, 5.41) is 8.73. The van der Waals surface area contributed by atoms with Gasteiger partial charge in [0.15, 0.2) is 0 Å². The predicted octanol–water partition coefficient (Wildman–Crippen LogP) is 2.51. The van der Waals surface area contributed by atoms with Crippen LogP contribution in [-0.4, -0.2) is 25.3 Å². The first-order valence-corrected chi connectivity index (χ1v) is 6.79. The Morgan fingerprint density at radius 3 is 2.71 bits per heavy atom. The minimum Gasteiger partial charge on any atom is -0.396 e. The Morgan fingerprint density at radius 2 is 2.06 bits per heavy atom. The summed E-state index contributed by atoms with van der Waals surface area (Å²) in [5.74, 6) is 0. The van der Waals surface area contributed by atoms with Crippen LogP contribution in [0.15, 0.2) is 22.7 Å². The lowest BCUT2D eigenvalue weighted by atomic mass is 10.1. The lowest BCUT2D eigenvalue weighted by Crippen LogP contribution is -2.20. The van der Waals surface area contributed by atoms with Gasteiger partial charge >= 0.3 is 0 Å². The van der Waals surface area contributed by atoms with E-state index in [1.54, 1.807) is 0 Å². The Labute approximate surface area is 112 Å². The Kier molecular flexibility index (Phi) is 6.55. The van der Waals surface area contributed by atoms with Crippen molar-refractivity contribution in [2.24, 2.45) is 5.73 Å². The molecule has 0 aromatic heterocycles. The zero-order chi connectivity index (χ0) is 12.7. The maximum atomic E-state index is 8.73. The maximum absolute atomic E-state index is 8.73. The number of aliphatic hydroxyl groups is 1. The molecule has 3 N–H and O–H groups in total. The summed E-state index contributed by atoms with van der Waals surface area (Å²) in [5.41, 5.74) is 8.09. The van der Waals surface area contributed by atoms with Gasteiger partial charge in [-0.3, -0.25) is 0 Å². The van der Waals surface area contributed by atoms with Crippen LogP contribution in [0, 0.1) is 0 Å². The zero-order valence-corrected chi connectivity index (χ0v) is 11.9. The standard InChI is InChI=1S/C13H21BrN2O/c1-16(7-3-2-4-8-17)13-9-12(14)6-5-11(13)10-15/h5-6,9,17H,2-4,7-8,10,15H2,1H3. The van der Waals surface area contributed by atoms with E-state index in [9.17, 15) is 0 Å². The summed E-state index contributed by atoms with van der Waals surface area (Å²) in [6.45, 7) is 1.84. The summed E-state index contributed by atoms with van der Waals surface area (Å²) in [6, 6.07) is 6.18. The molecule has 1 rings (SSSR count). The number of anilines is 1. The van der Waals surface area contributed by atoms with Crippen LogP contribution in [0.1, 0.15) is 24.8 Å². The normalized spacial score (nSPS) is 10.6. The molecule has 0 saturated heterocycles. The number of benzene rings is 1. The third-order valence-electron chi connectivity index (χ3n) is 2.83. The van der Waals surface area contributed by atoms with Gasteiger partial charge < -0.3 is 15.7 Å². The largest absolute Gasteiger partial charge is 0.396 e. The molecule has 1 aromatic rings. The molecule has 0 saturated carbocycles. The van der Waals surface area contributed by atoms with Crippen molar-refractivity contribution in [2.75, 3.05) is 25.1 Å². The van der Waals surface area contributed by atoms with Gasteiger partial charge in [-0.1, -0.05) is 22.0 Å². The molecule has 4 heteroatoms. The lowest BCUT2D eigenvalue weighted by Gasteiger charge is -2.22. The van der Waals surface area contributed by atoms with E-state index in [4.69, 9.17) is 10.8 Å². The zero-order valence-electron chi connectivity index (χ0n) is 10.3. The molecule has 96 valence electrons. The van der Waals surface area contributed by atoms with Crippen molar-refractivity contribution in [3.05, 3.63) is 28.2 Å². The van der Waals surface area contributed by atoms with Crippen molar-refractivity contribution in [1.29, 1.82) is 0 Å². The van der Waals surface area contributed by atoms with Crippen molar-refractivity contribution in [3.8, 4) is 0 Å². The van der Waals surface area contributed by atoms with Gasteiger partial charge in [-0.15, -0.1) is 0 Å². The van der Waals surface area contributed by atoms with E-state index in [2.05, 4.69) is 40.0 Å². The van der Waals surface area contributed by atoms with Gasteiger partial charge in [-0.2, -0.15) is 0 Å². The fraction of sp³-hybridized carbons (Fsp3) is 0.538. The first-order chi connectivity index (χ1) is 8.19. The molecule has 3 nitrogen and oxygen atoms in total. The molecule has 0 aliphatic heterocycles. The number of rotatable bonds is 7. The van der Waals surface area contributed by atoms with Crippen LogP contribution in [0.3, 0.4) is 0 Å². The van der Waals surface area contributed by atoms with E-state index in [0.29, 0.717) is 6.54 Å². The molecule has 0 heterocycles. The summed E-state index contributed by atoms with van der Waals surface area (Å²) in [7, 11) is 2.08. The lowest BCUT2D eigenvalue weighted by molar-refractivity contribution is 0.283. The second-order valence-electron chi connectivity index (χ2n) is 4.18. The van der Waals surface area contributed by atoms with Crippen LogP contribution in [0.2, 0.25) is 0 Å². The third kappa shape index (κ3) is 4.66. The van der Waals surface area contributed by atoms with Crippen molar-refractivity contribution < 1.29 is 5.11 Å². The first-order valence-electron chi connectivity index (χ1n) is 5.99. The monoisotopic (exact) mass is 300 g/mol. The molecule has 0 spiro atoms. The smallest absolute Gasteiger partial charge is 0.0431 e. The summed E-state index contributed by atoms with van der Waals surface area (Å²) < 4.78 is 1.08. The van der Waals surface area contributed by atoms with Gasteiger partial charge in [0.2, 0.25) is 0 Å². The summed E-state index contributed by atoms with van der Waals surface area (Å²) in [6.07, 6.45) is 3.04. The summed E-state index contributed by atoms with van der Waals surface area (Å²) >= 11 is 3.49. The van der Waals surface area contributed by atoms with Gasteiger partial charge in [-0.05, 0) is 37.0 Å². The molecule has 0 aliphatic rings. The number of hydrogen-bond donors (Lipinski definition) is 2. The number of aliphatic hydroxyl groups excluding tert-OH is 1. The van der Waals surface area contributed by atoms with Crippen molar-refractivity contribution >= 4 is 21.6 Å².